The maximum Gasteiger partial charge on any atom is 0.307 e. The van der Waals surface area contributed by atoms with Crippen LogP contribution in [0, 0.1) is 37.5 Å². The molecule has 7 nitrogen and oxygen atoms in total. The summed E-state index contributed by atoms with van der Waals surface area (Å²) >= 11 is 0. The van der Waals surface area contributed by atoms with Crippen LogP contribution < -0.4 is 15.6 Å². The molecule has 3 rings (SSSR count). The third kappa shape index (κ3) is 3.82. The predicted octanol–water partition coefficient (Wildman–Crippen LogP) is 1.74. The van der Waals surface area contributed by atoms with Gasteiger partial charge in [-0.3, -0.25) is 25.2 Å². The van der Waals surface area contributed by atoms with Gasteiger partial charge in [-0.2, -0.15) is 0 Å². The Morgan fingerprint density at radius 3 is 2.37 bits per heavy atom. The maximum atomic E-state index is 12.5. The van der Waals surface area contributed by atoms with Gasteiger partial charge in [-0.05, 0) is 62.3 Å². The van der Waals surface area contributed by atoms with E-state index in [4.69, 9.17) is 4.74 Å². The minimum atomic E-state index is -0.982. The molecule has 0 heterocycles. The quantitative estimate of drug-likeness (QED) is 0.539. The van der Waals surface area contributed by atoms with E-state index in [9.17, 15) is 19.5 Å². The first-order valence-electron chi connectivity index (χ1n) is 9.02. The second kappa shape index (κ2) is 7.42. The van der Waals surface area contributed by atoms with E-state index in [0.717, 1.165) is 11.1 Å². The average Bonchev–Trinajstić information content (AvgIpc) is 3.23. The molecule has 27 heavy (non-hydrogen) atoms. The molecule has 1 fully saturated rings. The number of rotatable bonds is 5. The van der Waals surface area contributed by atoms with Crippen LogP contribution in [0.5, 0.6) is 5.75 Å². The Balaban J connectivity index is 1.55. The van der Waals surface area contributed by atoms with Crippen molar-refractivity contribution < 1.29 is 24.2 Å². The number of carbonyl (C=O) groups excluding carboxylic acids is 2. The van der Waals surface area contributed by atoms with Crippen LogP contribution >= 0.6 is 0 Å². The molecule has 2 bridgehead atoms. The lowest BCUT2D eigenvalue weighted by atomic mass is 9.82. The van der Waals surface area contributed by atoms with Crippen molar-refractivity contribution >= 4 is 17.8 Å². The number of hydrogen-bond donors (Lipinski definition) is 3. The number of nitrogens with one attached hydrogen (secondary N) is 2. The maximum absolute atomic E-state index is 12.5. The third-order valence-electron chi connectivity index (χ3n) is 5.52. The van der Waals surface area contributed by atoms with Crippen molar-refractivity contribution in [1.29, 1.82) is 0 Å². The number of amides is 2. The van der Waals surface area contributed by atoms with E-state index < -0.39 is 35.7 Å². The number of aryl methyl sites for hydroxylation is 2. The number of aliphatic carboxylic acids is 1. The second-order valence-electron chi connectivity index (χ2n) is 7.32. The van der Waals surface area contributed by atoms with Crippen molar-refractivity contribution in [3.63, 3.8) is 0 Å². The fourth-order valence-electron chi connectivity index (χ4n) is 3.87. The molecule has 0 unspecified atom stereocenters. The Morgan fingerprint density at radius 1 is 1.07 bits per heavy atom. The molecule has 0 aliphatic heterocycles. The van der Waals surface area contributed by atoms with Crippen LogP contribution in [-0.4, -0.2) is 29.0 Å². The van der Waals surface area contributed by atoms with Crippen molar-refractivity contribution in [2.75, 3.05) is 0 Å². The Kier molecular flexibility index (Phi) is 5.21. The fraction of sp³-hybridized carbons (Fsp3) is 0.450. The summed E-state index contributed by atoms with van der Waals surface area (Å²) in [6, 6.07) is 5.53. The molecule has 1 aromatic rings. The van der Waals surface area contributed by atoms with E-state index in [1.807, 2.05) is 38.1 Å². The molecule has 2 aliphatic carbocycles. The highest BCUT2D eigenvalue weighted by Gasteiger charge is 2.51. The number of ether oxygens (including phenoxy) is 1. The minimum absolute atomic E-state index is 0.0998. The number of fused-ring (bicyclic) bond motifs is 2. The number of benzene rings is 1. The largest absolute Gasteiger partial charge is 0.481 e. The van der Waals surface area contributed by atoms with Gasteiger partial charge in [0.05, 0.1) is 11.8 Å². The van der Waals surface area contributed by atoms with E-state index in [2.05, 4.69) is 10.9 Å². The summed E-state index contributed by atoms with van der Waals surface area (Å²) in [6.07, 6.45) is 3.60. The van der Waals surface area contributed by atoms with Gasteiger partial charge in [0.25, 0.3) is 5.91 Å². The summed E-state index contributed by atoms with van der Waals surface area (Å²) in [6.45, 7) is 5.52. The van der Waals surface area contributed by atoms with Gasteiger partial charge >= 0.3 is 5.97 Å². The van der Waals surface area contributed by atoms with Crippen molar-refractivity contribution in [1.82, 2.24) is 10.9 Å². The van der Waals surface area contributed by atoms with Crippen LogP contribution in [-0.2, 0) is 14.4 Å². The normalized spacial score (nSPS) is 26.5. The number of hydrogen-bond acceptors (Lipinski definition) is 4. The van der Waals surface area contributed by atoms with E-state index >= 15 is 0 Å². The van der Waals surface area contributed by atoms with Crippen molar-refractivity contribution in [2.45, 2.75) is 33.3 Å². The Hall–Kier alpha value is -2.83. The number of carbonyl (C=O) groups is 3. The Labute approximate surface area is 157 Å². The fourth-order valence-corrected chi connectivity index (χ4v) is 3.87. The highest BCUT2D eigenvalue weighted by molar-refractivity contribution is 5.89. The Morgan fingerprint density at radius 2 is 1.74 bits per heavy atom. The van der Waals surface area contributed by atoms with Crippen LogP contribution in [0.3, 0.4) is 0 Å². The van der Waals surface area contributed by atoms with Gasteiger partial charge in [0.1, 0.15) is 5.75 Å². The zero-order valence-electron chi connectivity index (χ0n) is 15.6. The first-order valence-corrected chi connectivity index (χ1v) is 9.02. The molecule has 0 spiro atoms. The van der Waals surface area contributed by atoms with E-state index in [-0.39, 0.29) is 11.8 Å². The lowest BCUT2D eigenvalue weighted by Gasteiger charge is -2.24. The van der Waals surface area contributed by atoms with E-state index in [0.29, 0.717) is 12.2 Å². The van der Waals surface area contributed by atoms with Gasteiger partial charge in [0.15, 0.2) is 6.10 Å². The molecule has 7 heteroatoms. The number of carboxylic acids is 1. The molecule has 2 aliphatic rings. The van der Waals surface area contributed by atoms with E-state index in [1.165, 1.54) is 0 Å². The average molecular weight is 372 g/mol. The van der Waals surface area contributed by atoms with Crippen molar-refractivity contribution in [3.05, 3.63) is 41.5 Å². The monoisotopic (exact) mass is 372 g/mol. The Bertz CT molecular complexity index is 804. The van der Waals surface area contributed by atoms with E-state index in [1.54, 1.807) is 13.0 Å². The zero-order chi connectivity index (χ0) is 19.7. The van der Waals surface area contributed by atoms with Crippen LogP contribution in [0.25, 0.3) is 0 Å². The second-order valence-corrected chi connectivity index (χ2v) is 7.32. The lowest BCUT2D eigenvalue weighted by molar-refractivity contribution is -0.148. The molecule has 0 saturated heterocycles. The highest BCUT2D eigenvalue weighted by Crippen LogP contribution is 2.48. The highest BCUT2D eigenvalue weighted by atomic mass is 16.5. The van der Waals surface area contributed by atoms with Gasteiger partial charge < -0.3 is 9.84 Å². The van der Waals surface area contributed by atoms with Crippen molar-refractivity contribution in [2.24, 2.45) is 23.7 Å². The summed E-state index contributed by atoms with van der Waals surface area (Å²) in [5.41, 5.74) is 6.89. The van der Waals surface area contributed by atoms with Crippen LogP contribution in [0.2, 0.25) is 0 Å². The van der Waals surface area contributed by atoms with Gasteiger partial charge in [0, 0.05) is 0 Å². The molecular formula is C20H24N2O5. The number of hydrazine groups is 1. The topological polar surface area (TPSA) is 105 Å². The van der Waals surface area contributed by atoms with Gasteiger partial charge in [-0.25, -0.2) is 0 Å². The summed E-state index contributed by atoms with van der Waals surface area (Å²) < 4.78 is 5.61. The molecule has 0 radical (unpaired) electrons. The zero-order valence-corrected chi connectivity index (χ0v) is 15.6. The molecule has 1 aromatic carbocycles. The molecule has 3 N–H and O–H groups in total. The van der Waals surface area contributed by atoms with Gasteiger partial charge in [-0.15, -0.1) is 0 Å². The summed E-state index contributed by atoms with van der Waals surface area (Å²) in [5, 5.41) is 9.41. The molecule has 5 atom stereocenters. The number of carboxylic acid groups (broad SMARTS) is 1. The van der Waals surface area contributed by atoms with Crippen LogP contribution in [0.1, 0.15) is 24.5 Å². The molecule has 2 amide bonds. The summed E-state index contributed by atoms with van der Waals surface area (Å²) in [7, 11) is 0. The van der Waals surface area contributed by atoms with Gasteiger partial charge in [-0.1, -0.05) is 18.2 Å². The molecule has 144 valence electrons. The lowest BCUT2D eigenvalue weighted by Crippen LogP contribution is -2.51. The summed E-state index contributed by atoms with van der Waals surface area (Å²) in [4.78, 5) is 36.2. The smallest absolute Gasteiger partial charge is 0.307 e. The first-order chi connectivity index (χ1) is 12.8. The molecule has 0 aromatic heterocycles. The van der Waals surface area contributed by atoms with Crippen LogP contribution in [0.15, 0.2) is 30.4 Å². The van der Waals surface area contributed by atoms with Crippen molar-refractivity contribution in [3.8, 4) is 5.75 Å². The third-order valence-corrected chi connectivity index (χ3v) is 5.52. The molecule has 1 saturated carbocycles. The minimum Gasteiger partial charge on any atom is -0.481 e. The van der Waals surface area contributed by atoms with Gasteiger partial charge in [0.2, 0.25) is 5.91 Å². The van der Waals surface area contributed by atoms with Crippen LogP contribution in [0.4, 0.5) is 0 Å². The summed E-state index contributed by atoms with van der Waals surface area (Å²) in [5.74, 6) is -3.04. The SMILES string of the molecule is Cc1ccc(O[C@@H](C)C(=O)NNC(=O)[C@@H]2[C@@H](C(=O)O)[C@H]3C=C[C@H]2C3)cc1C. The molecular weight excluding hydrogens is 348 g/mol. The first kappa shape index (κ1) is 18.9. The number of allylic oxidation sites excluding steroid dienone is 2. The standard InChI is InChI=1S/C20H24N2O5/c1-10-4-7-15(8-11(10)2)27-12(3)18(23)21-22-19(24)16-13-5-6-14(9-13)17(16)20(25)26/h4-8,12-14,16-17H,9H2,1-3H3,(H,21,23)(H,22,24)(H,25,26)/t12-,13-,14-,16-,17-/m0/s1. The predicted molar refractivity (Wildman–Crippen MR) is 97.6 cm³/mol.